The van der Waals surface area contributed by atoms with E-state index >= 15 is 0 Å². The Morgan fingerprint density at radius 3 is 2.65 bits per heavy atom. The average molecular weight is 319 g/mol. The SMILES string of the molecule is FC(F)(F)Oc1cccc(CNc2ncnc3ccccc23)c1. The van der Waals surface area contributed by atoms with Gasteiger partial charge in [0.25, 0.3) is 0 Å². The Morgan fingerprint density at radius 2 is 1.83 bits per heavy atom. The molecule has 2 aromatic carbocycles. The number of hydrogen-bond donors (Lipinski definition) is 1. The molecule has 3 aromatic rings. The molecule has 1 heterocycles. The molecule has 23 heavy (non-hydrogen) atoms. The molecule has 0 radical (unpaired) electrons. The smallest absolute Gasteiger partial charge is 0.406 e. The molecule has 0 aliphatic rings. The van der Waals surface area contributed by atoms with Crippen molar-refractivity contribution in [1.29, 1.82) is 0 Å². The quantitative estimate of drug-likeness (QED) is 0.785. The maximum atomic E-state index is 12.2. The first-order valence-corrected chi connectivity index (χ1v) is 6.79. The third-order valence-corrected chi connectivity index (χ3v) is 3.13. The fourth-order valence-electron chi connectivity index (χ4n) is 2.18. The van der Waals surface area contributed by atoms with Crippen LogP contribution in [0.1, 0.15) is 5.56 Å². The molecule has 4 nitrogen and oxygen atoms in total. The summed E-state index contributed by atoms with van der Waals surface area (Å²) in [5.41, 5.74) is 1.44. The molecule has 0 bridgehead atoms. The highest BCUT2D eigenvalue weighted by Gasteiger charge is 2.31. The minimum atomic E-state index is -4.70. The highest BCUT2D eigenvalue weighted by Crippen LogP contribution is 2.24. The lowest BCUT2D eigenvalue weighted by Crippen LogP contribution is -2.17. The van der Waals surface area contributed by atoms with Gasteiger partial charge in [0.2, 0.25) is 0 Å². The molecule has 0 atom stereocenters. The predicted octanol–water partition coefficient (Wildman–Crippen LogP) is 4.14. The molecular formula is C16H12F3N3O. The van der Waals surface area contributed by atoms with Crippen molar-refractivity contribution in [1.82, 2.24) is 9.97 Å². The summed E-state index contributed by atoms with van der Waals surface area (Å²) in [7, 11) is 0. The van der Waals surface area contributed by atoms with E-state index in [1.54, 1.807) is 6.07 Å². The van der Waals surface area contributed by atoms with Gasteiger partial charge in [0, 0.05) is 11.9 Å². The zero-order chi connectivity index (χ0) is 16.3. The second kappa shape index (κ2) is 6.12. The van der Waals surface area contributed by atoms with E-state index in [-0.39, 0.29) is 5.75 Å². The summed E-state index contributed by atoms with van der Waals surface area (Å²) in [6.07, 6.45) is -3.26. The number of halogens is 3. The molecule has 0 fully saturated rings. The Labute approximate surface area is 129 Å². The number of ether oxygens (including phenoxy) is 1. The summed E-state index contributed by atoms with van der Waals surface area (Å²) in [4.78, 5) is 8.33. The van der Waals surface area contributed by atoms with Gasteiger partial charge in [0.05, 0.1) is 5.52 Å². The van der Waals surface area contributed by atoms with Gasteiger partial charge in [-0.2, -0.15) is 0 Å². The molecule has 0 spiro atoms. The molecule has 0 saturated carbocycles. The number of benzene rings is 2. The minimum Gasteiger partial charge on any atom is -0.406 e. The van der Waals surface area contributed by atoms with Crippen molar-refractivity contribution in [2.45, 2.75) is 12.9 Å². The zero-order valence-electron chi connectivity index (χ0n) is 11.8. The molecule has 0 unspecified atom stereocenters. The number of nitrogens with zero attached hydrogens (tertiary/aromatic N) is 2. The Balaban J connectivity index is 1.76. The van der Waals surface area contributed by atoms with Crippen LogP contribution in [-0.4, -0.2) is 16.3 Å². The number of para-hydroxylation sites is 1. The van der Waals surface area contributed by atoms with Gasteiger partial charge < -0.3 is 10.1 Å². The van der Waals surface area contributed by atoms with Crippen LogP contribution in [0, 0.1) is 0 Å². The predicted molar refractivity (Wildman–Crippen MR) is 80.0 cm³/mol. The van der Waals surface area contributed by atoms with Crippen molar-refractivity contribution in [2.24, 2.45) is 0 Å². The van der Waals surface area contributed by atoms with E-state index in [9.17, 15) is 13.2 Å². The normalized spacial score (nSPS) is 11.4. The van der Waals surface area contributed by atoms with Crippen LogP contribution in [0.25, 0.3) is 10.9 Å². The molecule has 1 aromatic heterocycles. The highest BCUT2D eigenvalue weighted by molar-refractivity contribution is 5.88. The third kappa shape index (κ3) is 3.88. The van der Waals surface area contributed by atoms with E-state index in [0.717, 1.165) is 10.9 Å². The number of aromatic nitrogens is 2. The lowest BCUT2D eigenvalue weighted by molar-refractivity contribution is -0.274. The van der Waals surface area contributed by atoms with Crippen LogP contribution in [0.3, 0.4) is 0 Å². The van der Waals surface area contributed by atoms with Gasteiger partial charge in [-0.25, -0.2) is 9.97 Å². The highest BCUT2D eigenvalue weighted by atomic mass is 19.4. The first-order valence-electron chi connectivity index (χ1n) is 6.79. The number of fused-ring (bicyclic) bond motifs is 1. The Bertz CT molecular complexity index is 816. The number of nitrogens with one attached hydrogen (secondary N) is 1. The second-order valence-electron chi connectivity index (χ2n) is 4.79. The van der Waals surface area contributed by atoms with Crippen LogP contribution in [-0.2, 0) is 6.54 Å². The molecular weight excluding hydrogens is 307 g/mol. The number of hydrogen-bond acceptors (Lipinski definition) is 4. The number of alkyl halides is 3. The molecule has 0 saturated heterocycles. The van der Waals surface area contributed by atoms with Gasteiger partial charge in [-0.15, -0.1) is 13.2 Å². The summed E-state index contributed by atoms with van der Waals surface area (Å²) in [6, 6.07) is 13.3. The first-order chi connectivity index (χ1) is 11.0. The van der Waals surface area contributed by atoms with E-state index in [2.05, 4.69) is 20.0 Å². The zero-order valence-corrected chi connectivity index (χ0v) is 11.8. The molecule has 3 rings (SSSR count). The van der Waals surface area contributed by atoms with Crippen molar-refractivity contribution in [3.8, 4) is 5.75 Å². The van der Waals surface area contributed by atoms with Crippen LogP contribution in [0.15, 0.2) is 54.9 Å². The van der Waals surface area contributed by atoms with Gasteiger partial charge in [-0.05, 0) is 29.8 Å². The van der Waals surface area contributed by atoms with Crippen LogP contribution in [0.4, 0.5) is 19.0 Å². The van der Waals surface area contributed by atoms with Crippen LogP contribution in [0.5, 0.6) is 5.75 Å². The van der Waals surface area contributed by atoms with Crippen LogP contribution >= 0.6 is 0 Å². The van der Waals surface area contributed by atoms with E-state index in [0.29, 0.717) is 17.9 Å². The van der Waals surface area contributed by atoms with Gasteiger partial charge in [-0.3, -0.25) is 0 Å². The first kappa shape index (κ1) is 15.1. The second-order valence-corrected chi connectivity index (χ2v) is 4.79. The van der Waals surface area contributed by atoms with Crippen molar-refractivity contribution in [3.63, 3.8) is 0 Å². The molecule has 0 aliphatic carbocycles. The minimum absolute atomic E-state index is 0.246. The van der Waals surface area contributed by atoms with E-state index < -0.39 is 6.36 Å². The standard InChI is InChI=1S/C16H12F3N3O/c17-16(18,19)23-12-5-3-4-11(8-12)9-20-15-13-6-1-2-7-14(13)21-10-22-15/h1-8,10H,9H2,(H,20,21,22). The van der Waals surface area contributed by atoms with Gasteiger partial charge in [-0.1, -0.05) is 24.3 Å². The largest absolute Gasteiger partial charge is 0.573 e. The molecule has 118 valence electrons. The summed E-state index contributed by atoms with van der Waals surface area (Å²) < 4.78 is 40.6. The van der Waals surface area contributed by atoms with Gasteiger partial charge >= 0.3 is 6.36 Å². The van der Waals surface area contributed by atoms with E-state index in [4.69, 9.17) is 0 Å². The fourth-order valence-corrected chi connectivity index (χ4v) is 2.18. The summed E-state index contributed by atoms with van der Waals surface area (Å²) in [5.74, 6) is 0.377. The lowest BCUT2D eigenvalue weighted by atomic mass is 10.2. The fraction of sp³-hybridized carbons (Fsp3) is 0.125. The molecule has 1 N–H and O–H groups in total. The number of anilines is 1. The molecule has 0 amide bonds. The Hall–Kier alpha value is -2.83. The van der Waals surface area contributed by atoms with E-state index in [1.165, 1.54) is 24.5 Å². The maximum Gasteiger partial charge on any atom is 0.573 e. The Morgan fingerprint density at radius 1 is 1.00 bits per heavy atom. The summed E-state index contributed by atoms with van der Waals surface area (Å²) >= 11 is 0. The van der Waals surface area contributed by atoms with Crippen molar-refractivity contribution in [3.05, 3.63) is 60.4 Å². The van der Waals surface area contributed by atoms with Gasteiger partial charge in [0.15, 0.2) is 0 Å². The van der Waals surface area contributed by atoms with Crippen molar-refractivity contribution < 1.29 is 17.9 Å². The average Bonchev–Trinajstić information content (AvgIpc) is 2.51. The van der Waals surface area contributed by atoms with Crippen LogP contribution < -0.4 is 10.1 Å². The van der Waals surface area contributed by atoms with Crippen LogP contribution in [0.2, 0.25) is 0 Å². The Kier molecular flexibility index (Phi) is 4.01. The monoisotopic (exact) mass is 319 g/mol. The molecule has 7 heteroatoms. The topological polar surface area (TPSA) is 47.0 Å². The van der Waals surface area contributed by atoms with Gasteiger partial charge in [0.1, 0.15) is 17.9 Å². The lowest BCUT2D eigenvalue weighted by Gasteiger charge is -2.11. The van der Waals surface area contributed by atoms with Crippen molar-refractivity contribution in [2.75, 3.05) is 5.32 Å². The van der Waals surface area contributed by atoms with Crippen molar-refractivity contribution >= 4 is 16.7 Å². The molecule has 0 aliphatic heterocycles. The summed E-state index contributed by atoms with van der Waals surface area (Å²) in [5, 5.41) is 3.95. The third-order valence-electron chi connectivity index (χ3n) is 3.13. The maximum absolute atomic E-state index is 12.2. The van der Waals surface area contributed by atoms with E-state index in [1.807, 2.05) is 24.3 Å². The summed E-state index contributed by atoms with van der Waals surface area (Å²) in [6.45, 7) is 0.316. The number of rotatable bonds is 4.